The highest BCUT2D eigenvalue weighted by atomic mass is 16.3. The molecule has 0 aromatic heterocycles. The standard InChI is InChI=1S/C10H12N2O/c1-8-2-4-9(5-3-8)12(11-13)10-6-7-10/h2-5,10H,6-7H2,1H3. The van der Waals surface area contributed by atoms with Crippen molar-refractivity contribution in [2.45, 2.75) is 25.8 Å². The van der Waals surface area contributed by atoms with E-state index >= 15 is 0 Å². The lowest BCUT2D eigenvalue weighted by Gasteiger charge is -2.13. The molecule has 68 valence electrons. The SMILES string of the molecule is Cc1ccc(N(N=O)C2CC2)cc1. The average Bonchev–Trinajstić information content (AvgIpc) is 2.93. The number of benzene rings is 1. The number of rotatable bonds is 3. The van der Waals surface area contributed by atoms with E-state index < -0.39 is 0 Å². The fourth-order valence-corrected chi connectivity index (χ4v) is 1.34. The van der Waals surface area contributed by atoms with Gasteiger partial charge in [0.15, 0.2) is 0 Å². The largest absolute Gasteiger partial charge is 0.226 e. The fraction of sp³-hybridized carbons (Fsp3) is 0.400. The molecule has 1 aliphatic carbocycles. The van der Waals surface area contributed by atoms with Crippen LogP contribution in [0.25, 0.3) is 0 Å². The van der Waals surface area contributed by atoms with Crippen LogP contribution in [0.1, 0.15) is 18.4 Å². The van der Waals surface area contributed by atoms with Crippen molar-refractivity contribution in [1.29, 1.82) is 0 Å². The molecule has 0 heterocycles. The van der Waals surface area contributed by atoms with E-state index in [1.54, 1.807) is 5.01 Å². The summed E-state index contributed by atoms with van der Waals surface area (Å²) in [6, 6.07) is 8.22. The lowest BCUT2D eigenvalue weighted by molar-refractivity contribution is 0.841. The summed E-state index contributed by atoms with van der Waals surface area (Å²) in [7, 11) is 0. The molecule has 0 unspecified atom stereocenters. The van der Waals surface area contributed by atoms with Gasteiger partial charge in [0.1, 0.15) is 0 Å². The average molecular weight is 176 g/mol. The summed E-state index contributed by atoms with van der Waals surface area (Å²) >= 11 is 0. The zero-order valence-electron chi connectivity index (χ0n) is 7.60. The van der Waals surface area contributed by atoms with Gasteiger partial charge in [-0.15, -0.1) is 4.91 Å². The zero-order chi connectivity index (χ0) is 9.26. The van der Waals surface area contributed by atoms with Crippen LogP contribution in [0.3, 0.4) is 0 Å². The summed E-state index contributed by atoms with van der Waals surface area (Å²) < 4.78 is 0. The predicted octanol–water partition coefficient (Wildman–Crippen LogP) is 2.65. The molecule has 1 fully saturated rings. The van der Waals surface area contributed by atoms with Gasteiger partial charge in [0, 0.05) is 0 Å². The molecule has 1 aromatic carbocycles. The molecule has 3 heteroatoms. The van der Waals surface area contributed by atoms with Crippen LogP contribution in [0.15, 0.2) is 29.6 Å². The van der Waals surface area contributed by atoms with Crippen LogP contribution in [-0.2, 0) is 0 Å². The van der Waals surface area contributed by atoms with Crippen LogP contribution in [0.5, 0.6) is 0 Å². The van der Waals surface area contributed by atoms with Gasteiger partial charge in [-0.05, 0) is 31.9 Å². The third kappa shape index (κ3) is 1.69. The van der Waals surface area contributed by atoms with Crippen LogP contribution in [0.2, 0.25) is 0 Å². The smallest absolute Gasteiger partial charge is 0.0629 e. The van der Waals surface area contributed by atoms with Gasteiger partial charge >= 0.3 is 0 Å². The first-order chi connectivity index (χ1) is 6.31. The third-order valence-corrected chi connectivity index (χ3v) is 2.28. The number of nitrogens with zero attached hydrogens (tertiary/aromatic N) is 2. The quantitative estimate of drug-likeness (QED) is 0.524. The Morgan fingerprint density at radius 1 is 1.31 bits per heavy atom. The van der Waals surface area contributed by atoms with Crippen LogP contribution >= 0.6 is 0 Å². The van der Waals surface area contributed by atoms with Crippen molar-refractivity contribution in [1.82, 2.24) is 0 Å². The molecule has 2 rings (SSSR count). The lowest BCUT2D eigenvalue weighted by atomic mass is 10.2. The van der Waals surface area contributed by atoms with Crippen LogP contribution in [-0.4, -0.2) is 6.04 Å². The van der Waals surface area contributed by atoms with Gasteiger partial charge < -0.3 is 0 Å². The van der Waals surface area contributed by atoms with E-state index in [0.717, 1.165) is 18.5 Å². The maximum Gasteiger partial charge on any atom is 0.0629 e. The molecule has 3 nitrogen and oxygen atoms in total. The third-order valence-electron chi connectivity index (χ3n) is 2.28. The van der Waals surface area contributed by atoms with Crippen molar-refractivity contribution < 1.29 is 0 Å². The molecule has 0 saturated heterocycles. The maximum absolute atomic E-state index is 10.5. The van der Waals surface area contributed by atoms with Gasteiger partial charge in [-0.3, -0.25) is 0 Å². The van der Waals surface area contributed by atoms with Gasteiger partial charge in [-0.25, -0.2) is 5.01 Å². The lowest BCUT2D eigenvalue weighted by Crippen LogP contribution is -2.17. The summed E-state index contributed by atoms with van der Waals surface area (Å²) in [6.45, 7) is 2.03. The van der Waals surface area contributed by atoms with E-state index in [9.17, 15) is 4.91 Å². The minimum absolute atomic E-state index is 0.347. The molecule has 1 aliphatic rings. The second kappa shape index (κ2) is 3.17. The number of aryl methyl sites for hydroxylation is 1. The molecule has 0 bridgehead atoms. The monoisotopic (exact) mass is 176 g/mol. The maximum atomic E-state index is 10.5. The topological polar surface area (TPSA) is 32.7 Å². The molecule has 0 spiro atoms. The van der Waals surface area contributed by atoms with Crippen molar-refractivity contribution in [3.63, 3.8) is 0 Å². The van der Waals surface area contributed by atoms with Crippen molar-refractivity contribution >= 4 is 5.69 Å². The zero-order valence-corrected chi connectivity index (χ0v) is 7.60. The number of nitroso groups, excluding NO2 is 1. The second-order valence-electron chi connectivity index (χ2n) is 3.49. The first kappa shape index (κ1) is 8.23. The number of hydrogen-bond acceptors (Lipinski definition) is 2. The highest BCUT2D eigenvalue weighted by Crippen LogP contribution is 2.31. The Hall–Kier alpha value is -1.38. The molecule has 0 atom stereocenters. The van der Waals surface area contributed by atoms with Crippen molar-refractivity contribution in [3.8, 4) is 0 Å². The normalized spacial score (nSPS) is 15.5. The van der Waals surface area contributed by atoms with E-state index in [2.05, 4.69) is 5.29 Å². The number of anilines is 1. The van der Waals surface area contributed by atoms with Crippen LogP contribution < -0.4 is 5.01 Å². The minimum atomic E-state index is 0.347. The fourth-order valence-electron chi connectivity index (χ4n) is 1.34. The van der Waals surface area contributed by atoms with Crippen LogP contribution in [0.4, 0.5) is 5.69 Å². The Kier molecular flexibility index (Phi) is 2.00. The van der Waals surface area contributed by atoms with Gasteiger partial charge in [0.05, 0.1) is 17.0 Å². The Morgan fingerprint density at radius 2 is 1.92 bits per heavy atom. The molecule has 1 saturated carbocycles. The predicted molar refractivity (Wildman–Crippen MR) is 52.5 cm³/mol. The van der Waals surface area contributed by atoms with Crippen LogP contribution in [0, 0.1) is 11.8 Å². The molecule has 0 aliphatic heterocycles. The first-order valence-corrected chi connectivity index (χ1v) is 4.50. The summed E-state index contributed by atoms with van der Waals surface area (Å²) in [6.07, 6.45) is 2.17. The van der Waals surface area contributed by atoms with Gasteiger partial charge in [-0.2, -0.15) is 0 Å². The van der Waals surface area contributed by atoms with Gasteiger partial charge in [0.25, 0.3) is 0 Å². The van der Waals surface area contributed by atoms with E-state index in [4.69, 9.17) is 0 Å². The Labute approximate surface area is 77.3 Å². The Morgan fingerprint density at radius 3 is 2.38 bits per heavy atom. The van der Waals surface area contributed by atoms with E-state index in [1.807, 2.05) is 31.2 Å². The van der Waals surface area contributed by atoms with Crippen molar-refractivity contribution in [2.75, 3.05) is 5.01 Å². The highest BCUT2D eigenvalue weighted by molar-refractivity contribution is 5.48. The first-order valence-electron chi connectivity index (χ1n) is 4.50. The Bertz CT molecular complexity index is 303. The minimum Gasteiger partial charge on any atom is -0.226 e. The van der Waals surface area contributed by atoms with E-state index in [1.165, 1.54) is 5.56 Å². The van der Waals surface area contributed by atoms with E-state index in [0.29, 0.717) is 6.04 Å². The highest BCUT2D eigenvalue weighted by Gasteiger charge is 2.30. The molecule has 0 amide bonds. The van der Waals surface area contributed by atoms with Crippen molar-refractivity contribution in [2.24, 2.45) is 5.29 Å². The van der Waals surface area contributed by atoms with Crippen molar-refractivity contribution in [3.05, 3.63) is 34.7 Å². The summed E-state index contributed by atoms with van der Waals surface area (Å²) in [5, 5.41) is 4.60. The molecular formula is C10H12N2O. The van der Waals surface area contributed by atoms with Gasteiger partial charge in [0.2, 0.25) is 0 Å². The summed E-state index contributed by atoms with van der Waals surface area (Å²) in [5.41, 5.74) is 2.11. The van der Waals surface area contributed by atoms with E-state index in [-0.39, 0.29) is 0 Å². The molecule has 1 aromatic rings. The molecule has 0 radical (unpaired) electrons. The Balaban J connectivity index is 2.21. The molecule has 13 heavy (non-hydrogen) atoms. The summed E-state index contributed by atoms with van der Waals surface area (Å²) in [5.74, 6) is 0. The van der Waals surface area contributed by atoms with Gasteiger partial charge in [-0.1, -0.05) is 17.7 Å². The molecule has 0 N–H and O–H groups in total. The summed E-state index contributed by atoms with van der Waals surface area (Å²) in [4.78, 5) is 10.5. The second-order valence-corrected chi connectivity index (χ2v) is 3.49. The molecular weight excluding hydrogens is 164 g/mol. The number of hydrogen-bond donors (Lipinski definition) is 0.